The van der Waals surface area contributed by atoms with Crippen molar-refractivity contribution in [3.63, 3.8) is 0 Å². The molecule has 142 valence electrons. The number of aromatic nitrogens is 6. The molecule has 0 bridgehead atoms. The second-order valence-electron chi connectivity index (χ2n) is 6.62. The maximum atomic E-state index is 14.6. The number of nitrogens with zero attached hydrogens (tertiary/aromatic N) is 5. The predicted molar refractivity (Wildman–Crippen MR) is 109 cm³/mol. The first-order valence-electron chi connectivity index (χ1n) is 9.10. The maximum Gasteiger partial charge on any atom is 0.162 e. The number of fused-ring (bicyclic) bond motifs is 2. The van der Waals surface area contributed by atoms with Gasteiger partial charge in [-0.1, -0.05) is 24.3 Å². The number of anilines is 1. The van der Waals surface area contributed by atoms with E-state index < -0.39 is 0 Å². The van der Waals surface area contributed by atoms with Crippen LogP contribution in [0.3, 0.4) is 0 Å². The van der Waals surface area contributed by atoms with Crippen LogP contribution in [0.4, 0.5) is 10.2 Å². The Balaban J connectivity index is 1.63. The molecular formula is C21H16FN7. The summed E-state index contributed by atoms with van der Waals surface area (Å²) >= 11 is 0. The number of H-pyrrole nitrogens is 1. The Kier molecular flexibility index (Phi) is 4.09. The number of imidazole rings is 1. The third-order valence-corrected chi connectivity index (χ3v) is 4.74. The van der Waals surface area contributed by atoms with E-state index in [0.29, 0.717) is 40.5 Å². The second-order valence-corrected chi connectivity index (χ2v) is 6.62. The molecule has 3 heterocycles. The molecule has 0 spiro atoms. The summed E-state index contributed by atoms with van der Waals surface area (Å²) in [5.41, 5.74) is 5.30. The normalized spacial score (nSPS) is 11.2. The van der Waals surface area contributed by atoms with Crippen molar-refractivity contribution in [3.8, 4) is 11.3 Å². The summed E-state index contributed by atoms with van der Waals surface area (Å²) in [4.78, 5) is 25.1. The fourth-order valence-corrected chi connectivity index (χ4v) is 3.31. The number of benzene rings is 2. The van der Waals surface area contributed by atoms with Crippen molar-refractivity contribution in [2.75, 3.05) is 5.32 Å². The summed E-state index contributed by atoms with van der Waals surface area (Å²) in [5.74, 6) is 0.231. The number of nitrogens with one attached hydrogen (secondary N) is 2. The Morgan fingerprint density at radius 2 is 1.86 bits per heavy atom. The van der Waals surface area contributed by atoms with E-state index in [4.69, 9.17) is 9.97 Å². The lowest BCUT2D eigenvalue weighted by Gasteiger charge is -2.13. The van der Waals surface area contributed by atoms with Crippen molar-refractivity contribution < 1.29 is 4.39 Å². The molecule has 0 atom stereocenters. The van der Waals surface area contributed by atoms with Crippen LogP contribution in [0.1, 0.15) is 11.3 Å². The van der Waals surface area contributed by atoms with Gasteiger partial charge in [0.15, 0.2) is 11.5 Å². The van der Waals surface area contributed by atoms with Crippen LogP contribution in [0, 0.1) is 12.7 Å². The summed E-state index contributed by atoms with van der Waals surface area (Å²) in [5, 5.41) is 3.24. The minimum absolute atomic E-state index is 0.305. The Morgan fingerprint density at radius 1 is 0.966 bits per heavy atom. The van der Waals surface area contributed by atoms with Gasteiger partial charge in [-0.3, -0.25) is 0 Å². The van der Waals surface area contributed by atoms with Gasteiger partial charge in [0.2, 0.25) is 0 Å². The van der Waals surface area contributed by atoms with Gasteiger partial charge >= 0.3 is 0 Å². The summed E-state index contributed by atoms with van der Waals surface area (Å²) in [6.07, 6.45) is 3.02. The van der Waals surface area contributed by atoms with Gasteiger partial charge in [0.05, 0.1) is 35.3 Å². The lowest BCUT2D eigenvalue weighted by molar-refractivity contribution is 0.630. The zero-order valence-corrected chi connectivity index (χ0v) is 15.5. The van der Waals surface area contributed by atoms with Crippen LogP contribution in [0.5, 0.6) is 0 Å². The van der Waals surface area contributed by atoms with Gasteiger partial charge in [0, 0.05) is 5.56 Å². The van der Waals surface area contributed by atoms with E-state index in [2.05, 4.69) is 25.3 Å². The van der Waals surface area contributed by atoms with Crippen molar-refractivity contribution in [1.82, 2.24) is 29.9 Å². The molecule has 0 aliphatic heterocycles. The minimum Gasteiger partial charge on any atom is -0.362 e. The van der Waals surface area contributed by atoms with Gasteiger partial charge < -0.3 is 10.3 Å². The molecule has 0 radical (unpaired) electrons. The highest BCUT2D eigenvalue weighted by atomic mass is 19.1. The minimum atomic E-state index is -0.340. The van der Waals surface area contributed by atoms with Gasteiger partial charge in [0.25, 0.3) is 0 Å². The van der Waals surface area contributed by atoms with E-state index in [1.54, 1.807) is 24.5 Å². The van der Waals surface area contributed by atoms with E-state index in [1.165, 1.54) is 12.4 Å². The standard InChI is InChI=1S/C21H16FN7/c1-12-5-4-8-15-17(12)29-18(13-6-2-3-7-14(13)22)16(28-15)9-23-20-19-21(25-10-24-19)27-11-26-20/h2-8,10-11H,9H2,1H3,(H2,23,24,25,26,27). The van der Waals surface area contributed by atoms with Gasteiger partial charge in [-0.2, -0.15) is 0 Å². The highest BCUT2D eigenvalue weighted by Crippen LogP contribution is 2.27. The summed E-state index contributed by atoms with van der Waals surface area (Å²) in [6, 6.07) is 12.4. The zero-order valence-electron chi connectivity index (χ0n) is 15.5. The quantitative estimate of drug-likeness (QED) is 0.485. The van der Waals surface area contributed by atoms with Gasteiger partial charge in [0.1, 0.15) is 17.7 Å². The Bertz CT molecular complexity index is 1350. The number of para-hydroxylation sites is 1. The highest BCUT2D eigenvalue weighted by Gasteiger charge is 2.16. The largest absolute Gasteiger partial charge is 0.362 e. The van der Waals surface area contributed by atoms with Gasteiger partial charge in [-0.15, -0.1) is 0 Å². The van der Waals surface area contributed by atoms with Crippen LogP contribution >= 0.6 is 0 Å². The molecule has 0 aliphatic carbocycles. The van der Waals surface area contributed by atoms with E-state index in [-0.39, 0.29) is 5.82 Å². The first-order chi connectivity index (χ1) is 14.2. The van der Waals surface area contributed by atoms with Crippen LogP contribution in [0.15, 0.2) is 55.1 Å². The number of rotatable bonds is 4. The Hall–Kier alpha value is -3.94. The Morgan fingerprint density at radius 3 is 2.76 bits per heavy atom. The molecule has 2 aromatic carbocycles. The number of hydrogen-bond acceptors (Lipinski definition) is 6. The van der Waals surface area contributed by atoms with Crippen LogP contribution in [-0.4, -0.2) is 29.9 Å². The lowest BCUT2D eigenvalue weighted by atomic mass is 10.1. The van der Waals surface area contributed by atoms with E-state index in [0.717, 1.165) is 16.6 Å². The smallest absolute Gasteiger partial charge is 0.162 e. The average molecular weight is 385 g/mol. The number of aromatic amines is 1. The van der Waals surface area contributed by atoms with Gasteiger partial charge in [-0.25, -0.2) is 29.3 Å². The number of hydrogen-bond donors (Lipinski definition) is 2. The molecule has 8 heteroatoms. The summed E-state index contributed by atoms with van der Waals surface area (Å²) in [7, 11) is 0. The molecule has 29 heavy (non-hydrogen) atoms. The molecule has 2 N–H and O–H groups in total. The maximum absolute atomic E-state index is 14.6. The molecule has 0 aliphatic rings. The van der Waals surface area contributed by atoms with Crippen molar-refractivity contribution in [2.45, 2.75) is 13.5 Å². The van der Waals surface area contributed by atoms with Crippen LogP contribution < -0.4 is 5.32 Å². The molecule has 0 unspecified atom stereocenters. The van der Waals surface area contributed by atoms with Crippen molar-refractivity contribution in [3.05, 3.63) is 72.2 Å². The first-order valence-corrected chi connectivity index (χ1v) is 9.10. The molecule has 0 saturated heterocycles. The van der Waals surface area contributed by atoms with E-state index >= 15 is 0 Å². The molecule has 5 rings (SSSR count). The molecule has 7 nitrogen and oxygen atoms in total. The summed E-state index contributed by atoms with van der Waals surface area (Å²) < 4.78 is 14.6. The molecule has 0 saturated carbocycles. The molecule has 0 amide bonds. The third kappa shape index (κ3) is 3.04. The molecule has 5 aromatic rings. The highest BCUT2D eigenvalue weighted by molar-refractivity contribution is 5.83. The van der Waals surface area contributed by atoms with Crippen LogP contribution in [0.25, 0.3) is 33.5 Å². The van der Waals surface area contributed by atoms with E-state index in [9.17, 15) is 4.39 Å². The zero-order chi connectivity index (χ0) is 19.8. The topological polar surface area (TPSA) is 92.3 Å². The fraction of sp³-hybridized carbons (Fsp3) is 0.0952. The van der Waals surface area contributed by atoms with Crippen molar-refractivity contribution in [1.29, 1.82) is 0 Å². The predicted octanol–water partition coefficient (Wildman–Crippen LogP) is 4.02. The summed E-state index contributed by atoms with van der Waals surface area (Å²) in [6.45, 7) is 2.27. The second kappa shape index (κ2) is 6.90. The first kappa shape index (κ1) is 17.2. The third-order valence-electron chi connectivity index (χ3n) is 4.74. The average Bonchev–Trinajstić information content (AvgIpc) is 3.22. The number of aryl methyl sites for hydroxylation is 1. The molecule has 0 fully saturated rings. The molecular weight excluding hydrogens is 369 g/mol. The Labute approximate surface area is 165 Å². The van der Waals surface area contributed by atoms with Crippen LogP contribution in [-0.2, 0) is 6.54 Å². The number of halogens is 1. The monoisotopic (exact) mass is 385 g/mol. The fourth-order valence-electron chi connectivity index (χ4n) is 3.31. The molecule has 3 aromatic heterocycles. The van der Waals surface area contributed by atoms with Gasteiger partial charge in [-0.05, 0) is 30.7 Å². The SMILES string of the molecule is Cc1cccc2nc(CNc3ncnc4[nH]cnc34)c(-c3ccccc3F)nc12. The lowest BCUT2D eigenvalue weighted by Crippen LogP contribution is -2.08. The van der Waals surface area contributed by atoms with Crippen molar-refractivity contribution in [2.24, 2.45) is 0 Å². The van der Waals surface area contributed by atoms with Crippen molar-refractivity contribution >= 4 is 28.0 Å². The van der Waals surface area contributed by atoms with E-state index in [1.807, 2.05) is 25.1 Å². The van der Waals surface area contributed by atoms with Crippen LogP contribution in [0.2, 0.25) is 0 Å².